The lowest BCUT2D eigenvalue weighted by atomic mass is 10.1. The van der Waals surface area contributed by atoms with Gasteiger partial charge in [-0.05, 0) is 23.3 Å². The maximum atomic E-state index is 11.3. The molecule has 0 bridgehead atoms. The van der Waals surface area contributed by atoms with E-state index in [0.717, 1.165) is 18.8 Å². The predicted octanol–water partition coefficient (Wildman–Crippen LogP) is 1.12. The first-order chi connectivity index (χ1) is 8.77. The van der Waals surface area contributed by atoms with Crippen molar-refractivity contribution in [1.82, 2.24) is 5.32 Å². The van der Waals surface area contributed by atoms with Crippen LogP contribution in [0.25, 0.3) is 0 Å². The Morgan fingerprint density at radius 2 is 2.00 bits per heavy atom. The highest BCUT2D eigenvalue weighted by Gasteiger charge is 2.58. The number of benzene rings is 1. The SMILES string of the molecule is O=C(O)[C@H](NCc1ccccc1)C1[C@H]2COC[C@@H]12. The molecule has 96 valence electrons. The maximum absolute atomic E-state index is 11.3. The first-order valence-electron chi connectivity index (χ1n) is 6.35. The zero-order valence-electron chi connectivity index (χ0n) is 10.1. The van der Waals surface area contributed by atoms with E-state index < -0.39 is 12.0 Å². The van der Waals surface area contributed by atoms with Crippen molar-refractivity contribution in [2.75, 3.05) is 13.2 Å². The van der Waals surface area contributed by atoms with E-state index in [1.807, 2.05) is 30.3 Å². The van der Waals surface area contributed by atoms with E-state index in [4.69, 9.17) is 4.74 Å². The number of fused-ring (bicyclic) bond motifs is 1. The van der Waals surface area contributed by atoms with Gasteiger partial charge in [-0.2, -0.15) is 0 Å². The Bertz CT molecular complexity index is 424. The van der Waals surface area contributed by atoms with Crippen LogP contribution >= 0.6 is 0 Å². The van der Waals surface area contributed by atoms with Crippen molar-refractivity contribution in [3.8, 4) is 0 Å². The molecule has 1 unspecified atom stereocenters. The molecule has 4 nitrogen and oxygen atoms in total. The van der Waals surface area contributed by atoms with E-state index in [0.29, 0.717) is 18.4 Å². The summed E-state index contributed by atoms with van der Waals surface area (Å²) in [7, 11) is 0. The molecule has 0 radical (unpaired) electrons. The average molecular weight is 247 g/mol. The molecule has 4 heteroatoms. The van der Waals surface area contributed by atoms with Gasteiger partial charge in [0.1, 0.15) is 6.04 Å². The third-order valence-corrected chi connectivity index (χ3v) is 4.04. The van der Waals surface area contributed by atoms with Crippen molar-refractivity contribution < 1.29 is 14.6 Å². The molecule has 1 aromatic rings. The molecule has 0 amide bonds. The zero-order valence-corrected chi connectivity index (χ0v) is 10.1. The van der Waals surface area contributed by atoms with Crippen molar-refractivity contribution in [3.05, 3.63) is 35.9 Å². The molecule has 2 aliphatic rings. The van der Waals surface area contributed by atoms with Crippen LogP contribution in [0.5, 0.6) is 0 Å². The fourth-order valence-corrected chi connectivity index (χ4v) is 2.99. The molecule has 1 saturated heterocycles. The van der Waals surface area contributed by atoms with Crippen molar-refractivity contribution in [2.45, 2.75) is 12.6 Å². The highest BCUT2D eigenvalue weighted by Crippen LogP contribution is 2.52. The van der Waals surface area contributed by atoms with E-state index >= 15 is 0 Å². The molecule has 1 saturated carbocycles. The fourth-order valence-electron chi connectivity index (χ4n) is 2.99. The van der Waals surface area contributed by atoms with Gasteiger partial charge in [0, 0.05) is 6.54 Å². The van der Waals surface area contributed by atoms with Crippen molar-refractivity contribution in [1.29, 1.82) is 0 Å². The van der Waals surface area contributed by atoms with Gasteiger partial charge < -0.3 is 15.2 Å². The Morgan fingerprint density at radius 1 is 1.33 bits per heavy atom. The van der Waals surface area contributed by atoms with Crippen LogP contribution in [0.2, 0.25) is 0 Å². The molecule has 0 spiro atoms. The highest BCUT2D eigenvalue weighted by atomic mass is 16.5. The van der Waals surface area contributed by atoms with Gasteiger partial charge in [0.25, 0.3) is 0 Å². The lowest BCUT2D eigenvalue weighted by Gasteiger charge is -2.16. The number of carbonyl (C=O) groups is 1. The van der Waals surface area contributed by atoms with Gasteiger partial charge in [-0.25, -0.2) is 0 Å². The van der Waals surface area contributed by atoms with Gasteiger partial charge in [0.15, 0.2) is 0 Å². The van der Waals surface area contributed by atoms with E-state index in [2.05, 4.69) is 5.32 Å². The second-order valence-corrected chi connectivity index (χ2v) is 5.12. The number of hydrogen-bond donors (Lipinski definition) is 2. The first kappa shape index (κ1) is 11.7. The monoisotopic (exact) mass is 247 g/mol. The van der Waals surface area contributed by atoms with Gasteiger partial charge in [-0.3, -0.25) is 4.79 Å². The van der Waals surface area contributed by atoms with E-state index in [1.54, 1.807) is 0 Å². The minimum absolute atomic E-state index is 0.250. The van der Waals surface area contributed by atoms with E-state index in [-0.39, 0.29) is 5.92 Å². The number of hydrogen-bond acceptors (Lipinski definition) is 3. The maximum Gasteiger partial charge on any atom is 0.321 e. The zero-order chi connectivity index (χ0) is 12.5. The Morgan fingerprint density at radius 3 is 2.61 bits per heavy atom. The Labute approximate surface area is 106 Å². The van der Waals surface area contributed by atoms with Gasteiger partial charge in [-0.1, -0.05) is 30.3 Å². The first-order valence-corrected chi connectivity index (χ1v) is 6.35. The molecule has 2 fully saturated rings. The second-order valence-electron chi connectivity index (χ2n) is 5.12. The Hall–Kier alpha value is -1.39. The largest absolute Gasteiger partial charge is 0.480 e. The summed E-state index contributed by atoms with van der Waals surface area (Å²) in [5.41, 5.74) is 1.12. The second kappa shape index (κ2) is 4.71. The van der Waals surface area contributed by atoms with E-state index in [1.165, 1.54) is 0 Å². The summed E-state index contributed by atoms with van der Waals surface area (Å²) in [5, 5.41) is 12.5. The van der Waals surface area contributed by atoms with Gasteiger partial charge in [-0.15, -0.1) is 0 Å². The van der Waals surface area contributed by atoms with Crippen LogP contribution in [-0.4, -0.2) is 30.3 Å². The number of carboxylic acids is 1. The molecular weight excluding hydrogens is 230 g/mol. The van der Waals surface area contributed by atoms with Crippen LogP contribution in [0.4, 0.5) is 0 Å². The summed E-state index contributed by atoms with van der Waals surface area (Å²) in [6.45, 7) is 2.06. The summed E-state index contributed by atoms with van der Waals surface area (Å²) >= 11 is 0. The van der Waals surface area contributed by atoms with Crippen LogP contribution in [-0.2, 0) is 16.1 Å². The summed E-state index contributed by atoms with van der Waals surface area (Å²) in [6.07, 6.45) is 0. The third kappa shape index (κ3) is 2.13. The van der Waals surface area contributed by atoms with Crippen LogP contribution in [0.3, 0.4) is 0 Å². The van der Waals surface area contributed by atoms with Crippen molar-refractivity contribution in [2.24, 2.45) is 17.8 Å². The standard InChI is InChI=1S/C14H17NO3/c16-14(17)13(12-10-7-18-8-11(10)12)15-6-9-4-2-1-3-5-9/h1-5,10-13,15H,6-8H2,(H,16,17)/t10-,11+,12?,13-/m1/s1. The number of carboxylic acid groups (broad SMARTS) is 1. The molecular formula is C14H17NO3. The fraction of sp³-hybridized carbons (Fsp3) is 0.500. The minimum atomic E-state index is -0.745. The molecule has 0 aromatic heterocycles. The Balaban J connectivity index is 1.60. The van der Waals surface area contributed by atoms with Crippen LogP contribution in [0, 0.1) is 17.8 Å². The summed E-state index contributed by atoms with van der Waals surface area (Å²) in [6, 6.07) is 9.45. The molecule has 1 aliphatic heterocycles. The number of aliphatic carboxylic acids is 1. The average Bonchev–Trinajstić information content (AvgIpc) is 2.85. The van der Waals surface area contributed by atoms with Crippen LogP contribution < -0.4 is 5.32 Å². The lowest BCUT2D eigenvalue weighted by Crippen LogP contribution is -2.40. The lowest BCUT2D eigenvalue weighted by molar-refractivity contribution is -0.140. The predicted molar refractivity (Wildman–Crippen MR) is 66.0 cm³/mol. The molecule has 18 heavy (non-hydrogen) atoms. The minimum Gasteiger partial charge on any atom is -0.480 e. The summed E-state index contributed by atoms with van der Waals surface area (Å²) in [5.74, 6) is 0.411. The quantitative estimate of drug-likeness (QED) is 0.818. The molecule has 1 aliphatic carbocycles. The van der Waals surface area contributed by atoms with Crippen LogP contribution in [0.15, 0.2) is 30.3 Å². The van der Waals surface area contributed by atoms with Crippen molar-refractivity contribution >= 4 is 5.97 Å². The van der Waals surface area contributed by atoms with Gasteiger partial charge in [0.05, 0.1) is 13.2 Å². The van der Waals surface area contributed by atoms with Crippen LogP contribution in [0.1, 0.15) is 5.56 Å². The highest BCUT2D eigenvalue weighted by molar-refractivity contribution is 5.74. The topological polar surface area (TPSA) is 58.6 Å². The number of rotatable bonds is 5. The number of nitrogens with one attached hydrogen (secondary N) is 1. The Kier molecular flexibility index (Phi) is 3.06. The molecule has 1 heterocycles. The van der Waals surface area contributed by atoms with Gasteiger partial charge in [0.2, 0.25) is 0 Å². The summed E-state index contributed by atoms with van der Waals surface area (Å²) < 4.78 is 5.31. The molecule has 2 N–H and O–H groups in total. The molecule has 4 atom stereocenters. The molecule has 1 aromatic carbocycles. The van der Waals surface area contributed by atoms with E-state index in [9.17, 15) is 9.90 Å². The smallest absolute Gasteiger partial charge is 0.321 e. The third-order valence-electron chi connectivity index (χ3n) is 4.04. The van der Waals surface area contributed by atoms with Gasteiger partial charge >= 0.3 is 5.97 Å². The number of ether oxygens (including phenoxy) is 1. The molecule has 3 rings (SSSR count). The van der Waals surface area contributed by atoms with Crippen molar-refractivity contribution in [3.63, 3.8) is 0 Å². The summed E-state index contributed by atoms with van der Waals surface area (Å²) in [4.78, 5) is 11.3. The normalized spacial score (nSPS) is 30.8.